The molecule has 7 nitrogen and oxygen atoms in total. The smallest absolute Gasteiger partial charge is 0.238 e. The molecule has 2 aromatic heterocycles. The van der Waals surface area contributed by atoms with Crippen molar-refractivity contribution in [1.29, 1.82) is 0 Å². The van der Waals surface area contributed by atoms with Crippen molar-refractivity contribution in [3.05, 3.63) is 54.0 Å². The van der Waals surface area contributed by atoms with Gasteiger partial charge in [0.2, 0.25) is 10.0 Å². The highest BCUT2D eigenvalue weighted by Gasteiger charge is 2.09. The summed E-state index contributed by atoms with van der Waals surface area (Å²) < 4.78 is 24.5. The molecule has 0 atom stereocenters. The highest BCUT2D eigenvalue weighted by Crippen LogP contribution is 2.16. The van der Waals surface area contributed by atoms with Crippen LogP contribution < -0.4 is 10.5 Å². The molecule has 0 bridgehead atoms. The van der Waals surface area contributed by atoms with Crippen LogP contribution in [0, 0.1) is 6.92 Å². The molecule has 0 aliphatic heterocycles. The van der Waals surface area contributed by atoms with Crippen molar-refractivity contribution in [2.45, 2.75) is 18.4 Å². The first-order valence-electron chi connectivity index (χ1n) is 6.60. The zero-order valence-electron chi connectivity index (χ0n) is 11.9. The fourth-order valence-corrected chi connectivity index (χ4v) is 2.78. The Morgan fingerprint density at radius 1 is 1.32 bits per heavy atom. The van der Waals surface area contributed by atoms with Gasteiger partial charge in [-0.25, -0.2) is 23.1 Å². The average molecular weight is 317 g/mol. The summed E-state index contributed by atoms with van der Waals surface area (Å²) >= 11 is 0. The lowest BCUT2D eigenvalue weighted by molar-refractivity contribution is 0.597. The van der Waals surface area contributed by atoms with Crippen LogP contribution in [-0.2, 0) is 16.6 Å². The van der Waals surface area contributed by atoms with E-state index < -0.39 is 10.0 Å². The summed E-state index contributed by atoms with van der Waals surface area (Å²) in [7, 11) is -3.70. The van der Waals surface area contributed by atoms with Gasteiger partial charge < -0.3 is 5.32 Å². The van der Waals surface area contributed by atoms with Gasteiger partial charge in [-0.15, -0.1) is 0 Å². The van der Waals surface area contributed by atoms with Crippen molar-refractivity contribution in [2.24, 2.45) is 5.14 Å². The van der Waals surface area contributed by atoms with E-state index in [1.165, 1.54) is 6.07 Å². The highest BCUT2D eigenvalue weighted by molar-refractivity contribution is 7.89. The standard InChI is InChI=1S/C14H15N5O2S/c1-10-7-13-14(16-5-6-19(13)18-10)17-9-11-3-2-4-12(8-11)22(15,20)21/h2-8H,9H2,1H3,(H,16,17)(H2,15,20,21). The third kappa shape index (κ3) is 2.92. The molecule has 0 saturated heterocycles. The van der Waals surface area contributed by atoms with Crippen LogP contribution in [-0.4, -0.2) is 23.0 Å². The molecule has 3 N–H and O–H groups in total. The average Bonchev–Trinajstić information content (AvgIpc) is 2.85. The molecule has 2 heterocycles. The number of nitrogens with two attached hydrogens (primary N) is 1. The topological polar surface area (TPSA) is 102 Å². The number of benzene rings is 1. The van der Waals surface area contributed by atoms with Crippen LogP contribution in [0.4, 0.5) is 5.82 Å². The number of aryl methyl sites for hydroxylation is 1. The van der Waals surface area contributed by atoms with Gasteiger partial charge in [0, 0.05) is 18.9 Å². The predicted octanol–water partition coefficient (Wildman–Crippen LogP) is 1.30. The van der Waals surface area contributed by atoms with Gasteiger partial charge in [-0.05, 0) is 30.7 Å². The molecule has 0 saturated carbocycles. The minimum atomic E-state index is -3.70. The van der Waals surface area contributed by atoms with E-state index in [1.807, 2.05) is 19.1 Å². The predicted molar refractivity (Wildman–Crippen MR) is 82.9 cm³/mol. The van der Waals surface area contributed by atoms with Crippen LogP contribution in [0.25, 0.3) is 5.52 Å². The minimum absolute atomic E-state index is 0.0955. The molecule has 0 fully saturated rings. The van der Waals surface area contributed by atoms with Gasteiger partial charge in [-0.2, -0.15) is 5.10 Å². The molecule has 0 aliphatic rings. The number of nitrogens with one attached hydrogen (secondary N) is 1. The molecule has 3 aromatic rings. The summed E-state index contributed by atoms with van der Waals surface area (Å²) in [4.78, 5) is 4.39. The van der Waals surface area contributed by atoms with E-state index in [1.54, 1.807) is 29.0 Å². The number of fused-ring (bicyclic) bond motifs is 1. The molecule has 22 heavy (non-hydrogen) atoms. The number of hydrogen-bond acceptors (Lipinski definition) is 5. The molecule has 0 unspecified atom stereocenters. The second-order valence-electron chi connectivity index (χ2n) is 4.94. The Morgan fingerprint density at radius 3 is 2.91 bits per heavy atom. The molecular formula is C14H15N5O2S. The summed E-state index contributed by atoms with van der Waals surface area (Å²) in [5, 5.41) is 12.6. The number of aromatic nitrogens is 3. The Balaban J connectivity index is 1.85. The van der Waals surface area contributed by atoms with Gasteiger partial charge in [0.1, 0.15) is 5.52 Å². The third-order valence-electron chi connectivity index (χ3n) is 3.20. The van der Waals surface area contributed by atoms with Crippen molar-refractivity contribution in [1.82, 2.24) is 14.6 Å². The maximum Gasteiger partial charge on any atom is 0.238 e. The van der Waals surface area contributed by atoms with Crippen molar-refractivity contribution < 1.29 is 8.42 Å². The number of hydrogen-bond donors (Lipinski definition) is 2. The first kappa shape index (κ1) is 14.5. The Bertz CT molecular complexity index is 933. The van der Waals surface area contributed by atoms with E-state index in [4.69, 9.17) is 5.14 Å². The van der Waals surface area contributed by atoms with Crippen LogP contribution in [0.1, 0.15) is 11.3 Å². The van der Waals surface area contributed by atoms with Crippen LogP contribution in [0.5, 0.6) is 0 Å². The molecule has 3 rings (SSSR count). The summed E-state index contributed by atoms with van der Waals surface area (Å²) in [5.41, 5.74) is 2.56. The fraction of sp³-hybridized carbons (Fsp3) is 0.143. The Labute approximate surface area is 127 Å². The zero-order valence-corrected chi connectivity index (χ0v) is 12.7. The van der Waals surface area contributed by atoms with Crippen molar-refractivity contribution in [2.75, 3.05) is 5.32 Å². The number of nitrogens with zero attached hydrogens (tertiary/aromatic N) is 3. The third-order valence-corrected chi connectivity index (χ3v) is 4.11. The van der Waals surface area contributed by atoms with Crippen molar-refractivity contribution >= 4 is 21.4 Å². The molecule has 0 amide bonds. The fourth-order valence-electron chi connectivity index (χ4n) is 2.20. The highest BCUT2D eigenvalue weighted by atomic mass is 32.2. The summed E-state index contributed by atoms with van der Waals surface area (Å²) in [6.45, 7) is 2.34. The van der Waals surface area contributed by atoms with Gasteiger partial charge in [-0.3, -0.25) is 0 Å². The lowest BCUT2D eigenvalue weighted by Crippen LogP contribution is -2.12. The number of anilines is 1. The van der Waals surface area contributed by atoms with Crippen LogP contribution in [0.2, 0.25) is 0 Å². The van der Waals surface area contributed by atoms with Crippen molar-refractivity contribution in [3.8, 4) is 0 Å². The number of sulfonamides is 1. The maximum atomic E-state index is 11.4. The van der Waals surface area contributed by atoms with Gasteiger partial charge >= 0.3 is 0 Å². The Hall–Kier alpha value is -2.45. The SMILES string of the molecule is Cc1cc2c(NCc3cccc(S(N)(=O)=O)c3)nccn2n1. The summed E-state index contributed by atoms with van der Waals surface area (Å²) in [5.74, 6) is 0.684. The van der Waals surface area contributed by atoms with E-state index in [-0.39, 0.29) is 4.90 Å². The Kier molecular flexibility index (Phi) is 3.55. The normalized spacial score (nSPS) is 11.7. The van der Waals surface area contributed by atoms with E-state index in [9.17, 15) is 8.42 Å². The number of rotatable bonds is 4. The maximum absolute atomic E-state index is 11.4. The lowest BCUT2D eigenvalue weighted by Gasteiger charge is -2.08. The molecule has 0 radical (unpaired) electrons. The van der Waals surface area contributed by atoms with Crippen LogP contribution in [0.15, 0.2) is 47.6 Å². The van der Waals surface area contributed by atoms with Gasteiger partial charge in [0.25, 0.3) is 0 Å². The lowest BCUT2D eigenvalue weighted by atomic mass is 10.2. The zero-order chi connectivity index (χ0) is 15.7. The largest absolute Gasteiger partial charge is 0.364 e. The van der Waals surface area contributed by atoms with E-state index >= 15 is 0 Å². The first-order chi connectivity index (χ1) is 10.4. The monoisotopic (exact) mass is 317 g/mol. The molecular weight excluding hydrogens is 302 g/mol. The Morgan fingerprint density at radius 2 is 2.14 bits per heavy atom. The molecule has 114 valence electrons. The second kappa shape index (κ2) is 5.39. The summed E-state index contributed by atoms with van der Waals surface area (Å²) in [6.07, 6.45) is 3.43. The minimum Gasteiger partial charge on any atom is -0.364 e. The quantitative estimate of drug-likeness (QED) is 0.755. The number of primary sulfonamides is 1. The van der Waals surface area contributed by atoms with Crippen LogP contribution >= 0.6 is 0 Å². The van der Waals surface area contributed by atoms with Gasteiger partial charge in [-0.1, -0.05) is 12.1 Å². The van der Waals surface area contributed by atoms with Gasteiger partial charge in [0.15, 0.2) is 5.82 Å². The van der Waals surface area contributed by atoms with E-state index in [2.05, 4.69) is 15.4 Å². The second-order valence-corrected chi connectivity index (χ2v) is 6.50. The van der Waals surface area contributed by atoms with E-state index in [0.717, 1.165) is 16.8 Å². The summed E-state index contributed by atoms with van der Waals surface area (Å²) in [6, 6.07) is 8.43. The van der Waals surface area contributed by atoms with Gasteiger partial charge in [0.05, 0.1) is 10.6 Å². The molecule has 0 spiro atoms. The molecule has 8 heteroatoms. The van der Waals surface area contributed by atoms with E-state index in [0.29, 0.717) is 12.4 Å². The van der Waals surface area contributed by atoms with Crippen LogP contribution in [0.3, 0.4) is 0 Å². The first-order valence-corrected chi connectivity index (χ1v) is 8.15. The molecule has 0 aliphatic carbocycles. The van der Waals surface area contributed by atoms with Crippen molar-refractivity contribution in [3.63, 3.8) is 0 Å². The molecule has 1 aromatic carbocycles.